The molecule has 0 bridgehead atoms. The van der Waals surface area contributed by atoms with Crippen molar-refractivity contribution in [3.8, 4) is 0 Å². The predicted molar refractivity (Wildman–Crippen MR) is 60.3 cm³/mol. The topological polar surface area (TPSA) is 87.2 Å². The molecule has 0 radical (unpaired) electrons. The molecule has 1 fully saturated rings. The highest BCUT2D eigenvalue weighted by atomic mass is 32.2. The van der Waals surface area contributed by atoms with Crippen LogP contribution in [0.5, 0.6) is 0 Å². The molecule has 1 aliphatic rings. The summed E-state index contributed by atoms with van der Waals surface area (Å²) in [6.07, 6.45) is 1.34. The lowest BCUT2D eigenvalue weighted by Crippen LogP contribution is -2.44. The zero-order valence-electron chi connectivity index (χ0n) is 9.23. The van der Waals surface area contributed by atoms with Crippen molar-refractivity contribution in [1.82, 2.24) is 4.31 Å². The minimum atomic E-state index is -3.13. The number of rotatable bonds is 3. The number of sulfonamides is 1. The largest absolute Gasteiger partial charge is 0.387 e. The zero-order valence-corrected chi connectivity index (χ0v) is 10.0. The minimum Gasteiger partial charge on any atom is -0.387 e. The molecule has 1 rings (SSSR count). The third kappa shape index (κ3) is 2.69. The van der Waals surface area contributed by atoms with E-state index in [1.54, 1.807) is 13.8 Å². The molecule has 0 aromatic rings. The molecule has 0 unspecified atom stereocenters. The first-order chi connectivity index (χ1) is 6.85. The molecule has 3 N–H and O–H groups in total. The second-order valence-corrected chi connectivity index (χ2v) is 6.71. The van der Waals surface area contributed by atoms with E-state index in [0.717, 1.165) is 0 Å². The molecule has 5 nitrogen and oxygen atoms in total. The highest BCUT2D eigenvalue weighted by Gasteiger charge is 2.30. The lowest BCUT2D eigenvalue weighted by molar-refractivity contribution is 0.312. The molecule has 0 amide bonds. The van der Waals surface area contributed by atoms with E-state index in [9.17, 15) is 8.42 Å². The fraction of sp³-hybridized carbons (Fsp3) is 0.889. The Balaban J connectivity index is 2.62. The highest BCUT2D eigenvalue weighted by Crippen LogP contribution is 2.21. The van der Waals surface area contributed by atoms with Crippen LogP contribution in [0.2, 0.25) is 0 Å². The fourth-order valence-electron chi connectivity index (χ4n) is 1.72. The summed E-state index contributed by atoms with van der Waals surface area (Å²) in [6, 6.07) is 0. The van der Waals surface area contributed by atoms with E-state index in [1.807, 2.05) is 0 Å². The predicted octanol–water partition coefficient (Wildman–Crippen LogP) is 0.373. The molecule has 15 heavy (non-hydrogen) atoms. The lowest BCUT2D eigenvalue weighted by atomic mass is 9.97. The van der Waals surface area contributed by atoms with Gasteiger partial charge in [0.25, 0.3) is 0 Å². The van der Waals surface area contributed by atoms with Crippen LogP contribution in [0.3, 0.4) is 0 Å². The molecule has 0 atom stereocenters. The van der Waals surface area contributed by atoms with Crippen molar-refractivity contribution < 1.29 is 8.42 Å². The standard InChI is InChI=1S/C9H19N3O2S/c1-7(2)15(13,14)12-5-3-8(4-6-12)9(10)11/h7-8H,3-6H2,1-2H3,(H3,10,11). The van der Waals surface area contributed by atoms with Crippen LogP contribution in [0.1, 0.15) is 26.7 Å². The molecule has 0 aromatic carbocycles. The molecule has 1 aliphatic heterocycles. The number of nitrogens with zero attached hydrogens (tertiary/aromatic N) is 1. The van der Waals surface area contributed by atoms with E-state index in [4.69, 9.17) is 11.1 Å². The first kappa shape index (κ1) is 12.4. The number of amidine groups is 1. The van der Waals surface area contributed by atoms with Crippen molar-refractivity contribution in [3.05, 3.63) is 0 Å². The van der Waals surface area contributed by atoms with Gasteiger partial charge in [-0.3, -0.25) is 5.41 Å². The number of hydrogen-bond donors (Lipinski definition) is 2. The van der Waals surface area contributed by atoms with Crippen LogP contribution >= 0.6 is 0 Å². The average molecular weight is 233 g/mol. The number of hydrogen-bond acceptors (Lipinski definition) is 3. The monoisotopic (exact) mass is 233 g/mol. The van der Waals surface area contributed by atoms with Crippen molar-refractivity contribution >= 4 is 15.9 Å². The minimum absolute atomic E-state index is 0.0589. The van der Waals surface area contributed by atoms with Crippen LogP contribution in [0.4, 0.5) is 0 Å². The maximum absolute atomic E-state index is 11.8. The van der Waals surface area contributed by atoms with Crippen LogP contribution in [-0.4, -0.2) is 36.9 Å². The molecule has 0 aliphatic carbocycles. The van der Waals surface area contributed by atoms with E-state index in [2.05, 4.69) is 0 Å². The van der Waals surface area contributed by atoms with Crippen molar-refractivity contribution in [2.24, 2.45) is 11.7 Å². The van der Waals surface area contributed by atoms with Gasteiger partial charge in [0.05, 0.1) is 11.1 Å². The number of nitrogens with two attached hydrogens (primary N) is 1. The third-order valence-corrected chi connectivity index (χ3v) is 5.13. The van der Waals surface area contributed by atoms with E-state index >= 15 is 0 Å². The van der Waals surface area contributed by atoms with Crippen molar-refractivity contribution in [1.29, 1.82) is 5.41 Å². The Morgan fingerprint density at radius 1 is 1.40 bits per heavy atom. The summed E-state index contributed by atoms with van der Waals surface area (Å²) in [4.78, 5) is 0. The van der Waals surface area contributed by atoms with Crippen LogP contribution in [-0.2, 0) is 10.0 Å². The Kier molecular flexibility index (Phi) is 3.72. The second kappa shape index (κ2) is 4.49. The van der Waals surface area contributed by atoms with E-state index in [1.165, 1.54) is 4.31 Å². The Morgan fingerprint density at radius 3 is 2.20 bits per heavy atom. The number of nitrogens with one attached hydrogen (secondary N) is 1. The van der Waals surface area contributed by atoms with Gasteiger partial charge in [-0.1, -0.05) is 0 Å². The molecule has 1 saturated heterocycles. The van der Waals surface area contributed by atoms with E-state index in [-0.39, 0.29) is 17.0 Å². The smallest absolute Gasteiger partial charge is 0.216 e. The summed E-state index contributed by atoms with van der Waals surface area (Å²) in [5.74, 6) is 0.236. The van der Waals surface area contributed by atoms with Gasteiger partial charge in [0, 0.05) is 19.0 Å². The Morgan fingerprint density at radius 2 is 1.87 bits per heavy atom. The third-order valence-electron chi connectivity index (χ3n) is 2.85. The van der Waals surface area contributed by atoms with E-state index in [0.29, 0.717) is 25.9 Å². The first-order valence-electron chi connectivity index (χ1n) is 5.18. The Bertz CT molecular complexity index is 329. The Labute approximate surface area is 91.2 Å². The summed E-state index contributed by atoms with van der Waals surface area (Å²) >= 11 is 0. The maximum Gasteiger partial charge on any atom is 0.216 e. The molecular weight excluding hydrogens is 214 g/mol. The zero-order chi connectivity index (χ0) is 11.6. The summed E-state index contributed by atoms with van der Waals surface area (Å²) in [7, 11) is -3.13. The summed E-state index contributed by atoms with van der Waals surface area (Å²) in [5, 5.41) is 6.94. The summed E-state index contributed by atoms with van der Waals surface area (Å²) in [5.41, 5.74) is 5.40. The molecule has 0 spiro atoms. The molecule has 0 aromatic heterocycles. The van der Waals surface area contributed by atoms with Crippen LogP contribution in [0.15, 0.2) is 0 Å². The van der Waals surface area contributed by atoms with Crippen molar-refractivity contribution in [3.63, 3.8) is 0 Å². The summed E-state index contributed by atoms with van der Waals surface area (Å²) < 4.78 is 25.1. The fourth-order valence-corrected chi connectivity index (χ4v) is 3.04. The lowest BCUT2D eigenvalue weighted by Gasteiger charge is -2.31. The molecule has 1 heterocycles. The van der Waals surface area contributed by atoms with Crippen molar-refractivity contribution in [2.75, 3.05) is 13.1 Å². The first-order valence-corrected chi connectivity index (χ1v) is 6.69. The van der Waals surface area contributed by atoms with E-state index < -0.39 is 10.0 Å². The van der Waals surface area contributed by atoms with Gasteiger partial charge in [-0.25, -0.2) is 12.7 Å². The molecule has 0 saturated carbocycles. The normalized spacial score (nSPS) is 20.7. The van der Waals surface area contributed by atoms with Gasteiger partial charge in [0.15, 0.2) is 0 Å². The van der Waals surface area contributed by atoms with Gasteiger partial charge in [0.2, 0.25) is 10.0 Å². The van der Waals surface area contributed by atoms with Gasteiger partial charge < -0.3 is 5.73 Å². The number of piperidine rings is 1. The molecular formula is C9H19N3O2S. The molecule has 6 heteroatoms. The Hall–Kier alpha value is -0.620. The van der Waals surface area contributed by atoms with Gasteiger partial charge >= 0.3 is 0 Å². The summed E-state index contributed by atoms with van der Waals surface area (Å²) in [6.45, 7) is 4.36. The van der Waals surface area contributed by atoms with Gasteiger partial charge in [0.1, 0.15) is 0 Å². The van der Waals surface area contributed by atoms with Crippen molar-refractivity contribution in [2.45, 2.75) is 31.9 Å². The SMILES string of the molecule is CC(C)S(=O)(=O)N1CCC(C(=N)N)CC1. The average Bonchev–Trinajstić information content (AvgIpc) is 2.17. The van der Waals surface area contributed by atoms with Crippen LogP contribution in [0.25, 0.3) is 0 Å². The van der Waals surface area contributed by atoms with Gasteiger partial charge in [-0.2, -0.15) is 0 Å². The second-order valence-electron chi connectivity index (χ2n) is 4.22. The van der Waals surface area contributed by atoms with Crippen LogP contribution in [0, 0.1) is 11.3 Å². The van der Waals surface area contributed by atoms with Crippen LogP contribution < -0.4 is 5.73 Å². The highest BCUT2D eigenvalue weighted by molar-refractivity contribution is 7.89. The quantitative estimate of drug-likeness (QED) is 0.545. The van der Waals surface area contributed by atoms with Gasteiger partial charge in [-0.15, -0.1) is 0 Å². The maximum atomic E-state index is 11.8. The van der Waals surface area contributed by atoms with Gasteiger partial charge in [-0.05, 0) is 26.7 Å². The molecule has 88 valence electrons.